The third-order valence-electron chi connectivity index (χ3n) is 3.49. The molecule has 2 unspecified atom stereocenters. The van der Waals surface area contributed by atoms with Gasteiger partial charge in [0.05, 0.1) is 12.1 Å². The minimum Gasteiger partial charge on any atom is -0.376 e. The van der Waals surface area contributed by atoms with Gasteiger partial charge in [0.25, 0.3) is 0 Å². The highest BCUT2D eigenvalue weighted by Gasteiger charge is 2.42. The quantitative estimate of drug-likeness (QED) is 0.913. The Kier molecular flexibility index (Phi) is 3.35. The highest BCUT2D eigenvalue weighted by molar-refractivity contribution is 7.91. The van der Waals surface area contributed by atoms with E-state index in [1.165, 1.54) is 12.1 Å². The van der Waals surface area contributed by atoms with Crippen LogP contribution in [-0.4, -0.2) is 27.2 Å². The van der Waals surface area contributed by atoms with Crippen molar-refractivity contribution in [2.24, 2.45) is 5.92 Å². The van der Waals surface area contributed by atoms with Gasteiger partial charge in [0.2, 0.25) is 10.0 Å². The molecule has 0 radical (unpaired) electrons. The van der Waals surface area contributed by atoms with Crippen molar-refractivity contribution < 1.29 is 13.2 Å². The van der Waals surface area contributed by atoms with E-state index in [0.29, 0.717) is 17.4 Å². The minimum absolute atomic E-state index is 0.0187. The van der Waals surface area contributed by atoms with E-state index < -0.39 is 10.0 Å². The highest BCUT2D eigenvalue weighted by Crippen LogP contribution is 2.39. The van der Waals surface area contributed by atoms with Crippen LogP contribution in [0.4, 0.5) is 0 Å². The second-order valence-corrected chi connectivity index (χ2v) is 7.94. The molecular weight excluding hydrogens is 284 g/mol. The average Bonchev–Trinajstić information content (AvgIpc) is 2.92. The molecule has 0 spiro atoms. The number of hydrogen-bond acceptors (Lipinski definition) is 5. The highest BCUT2D eigenvalue weighted by atomic mass is 32.2. The van der Waals surface area contributed by atoms with Crippen LogP contribution < -0.4 is 4.72 Å². The molecular formula is C12H14N2O3S2. The van der Waals surface area contributed by atoms with Crippen LogP contribution in [0, 0.1) is 17.2 Å². The molecule has 3 rings (SSSR count). The number of sulfonamides is 1. The van der Waals surface area contributed by atoms with Gasteiger partial charge in [0, 0.05) is 6.61 Å². The van der Waals surface area contributed by atoms with Crippen molar-refractivity contribution in [2.45, 2.75) is 35.6 Å². The summed E-state index contributed by atoms with van der Waals surface area (Å²) < 4.78 is 33.0. The Bertz CT molecular complexity index is 613. The van der Waals surface area contributed by atoms with Crippen molar-refractivity contribution in [3.63, 3.8) is 0 Å². The summed E-state index contributed by atoms with van der Waals surface area (Å²) in [6, 6.07) is 4.83. The maximum atomic E-state index is 12.2. The molecule has 0 aromatic carbocycles. The zero-order valence-corrected chi connectivity index (χ0v) is 11.8. The Hall–Kier alpha value is -0.940. The van der Waals surface area contributed by atoms with E-state index in [1.807, 2.05) is 6.07 Å². The van der Waals surface area contributed by atoms with Crippen molar-refractivity contribution in [1.29, 1.82) is 5.26 Å². The summed E-state index contributed by atoms with van der Waals surface area (Å²) in [5, 5.41) is 8.75. The van der Waals surface area contributed by atoms with E-state index >= 15 is 0 Å². The van der Waals surface area contributed by atoms with Crippen molar-refractivity contribution in [2.75, 3.05) is 6.61 Å². The van der Waals surface area contributed by atoms with E-state index in [1.54, 1.807) is 0 Å². The predicted molar refractivity (Wildman–Crippen MR) is 70.2 cm³/mol. The molecule has 7 heteroatoms. The number of thiophene rings is 1. The average molecular weight is 298 g/mol. The van der Waals surface area contributed by atoms with Gasteiger partial charge >= 0.3 is 0 Å². The molecule has 2 heterocycles. The molecule has 1 aromatic rings. The lowest BCUT2D eigenvalue weighted by Gasteiger charge is -2.18. The topological polar surface area (TPSA) is 79.2 Å². The Morgan fingerprint density at radius 3 is 2.79 bits per heavy atom. The minimum atomic E-state index is -3.53. The number of ether oxygens (including phenoxy) is 1. The van der Waals surface area contributed by atoms with E-state index in [9.17, 15) is 8.42 Å². The van der Waals surface area contributed by atoms with E-state index in [4.69, 9.17) is 10.00 Å². The molecule has 1 aliphatic heterocycles. The SMILES string of the molecule is N#Cc1ccc(S(=O)(=O)NC2CCOC2C2CC2)s1. The number of nitrogens with zero attached hydrogens (tertiary/aromatic N) is 1. The largest absolute Gasteiger partial charge is 0.376 e. The van der Waals surface area contributed by atoms with E-state index in [2.05, 4.69) is 4.72 Å². The molecule has 0 amide bonds. The lowest BCUT2D eigenvalue weighted by molar-refractivity contribution is 0.0848. The van der Waals surface area contributed by atoms with Gasteiger partial charge < -0.3 is 4.74 Å². The Morgan fingerprint density at radius 2 is 2.16 bits per heavy atom. The summed E-state index contributed by atoms with van der Waals surface area (Å²) in [6.07, 6.45) is 2.99. The molecule has 1 N–H and O–H groups in total. The molecule has 5 nitrogen and oxygen atoms in total. The molecule has 1 aromatic heterocycles. The van der Waals surface area contributed by atoms with Crippen molar-refractivity contribution in [1.82, 2.24) is 4.72 Å². The van der Waals surface area contributed by atoms with Crippen molar-refractivity contribution >= 4 is 21.4 Å². The van der Waals surface area contributed by atoms with Gasteiger partial charge in [-0.2, -0.15) is 5.26 Å². The summed E-state index contributed by atoms with van der Waals surface area (Å²) >= 11 is 0.996. The smallest absolute Gasteiger partial charge is 0.250 e. The normalized spacial score (nSPS) is 27.3. The third-order valence-corrected chi connectivity index (χ3v) is 6.46. The first-order valence-electron chi connectivity index (χ1n) is 6.24. The summed E-state index contributed by atoms with van der Waals surface area (Å²) in [5.74, 6) is 0.508. The number of nitrogens with one attached hydrogen (secondary N) is 1. The fourth-order valence-electron chi connectivity index (χ4n) is 2.41. The Morgan fingerprint density at radius 1 is 1.37 bits per heavy atom. The number of rotatable bonds is 4. The molecule has 102 valence electrons. The molecule has 2 aliphatic rings. The molecule has 1 saturated heterocycles. The van der Waals surface area contributed by atoms with Crippen LogP contribution in [0.3, 0.4) is 0 Å². The van der Waals surface area contributed by atoms with Gasteiger partial charge in [0.15, 0.2) is 0 Å². The Labute approximate surface area is 116 Å². The molecule has 2 atom stereocenters. The fraction of sp³-hybridized carbons (Fsp3) is 0.583. The van der Waals surface area contributed by atoms with Crippen LogP contribution in [0.15, 0.2) is 16.3 Å². The van der Waals surface area contributed by atoms with Gasteiger partial charge in [-0.25, -0.2) is 13.1 Å². The van der Waals surface area contributed by atoms with Crippen LogP contribution in [0.2, 0.25) is 0 Å². The molecule has 1 saturated carbocycles. The maximum absolute atomic E-state index is 12.2. The monoisotopic (exact) mass is 298 g/mol. The molecule has 0 bridgehead atoms. The number of nitriles is 1. The van der Waals surface area contributed by atoms with Gasteiger partial charge in [-0.3, -0.25) is 0 Å². The zero-order valence-electron chi connectivity index (χ0n) is 10.2. The van der Waals surface area contributed by atoms with Crippen LogP contribution in [0.1, 0.15) is 24.1 Å². The first-order valence-corrected chi connectivity index (χ1v) is 8.54. The van der Waals surface area contributed by atoms with Crippen LogP contribution in [0.25, 0.3) is 0 Å². The maximum Gasteiger partial charge on any atom is 0.250 e. The zero-order chi connectivity index (χ0) is 13.5. The van der Waals surface area contributed by atoms with Crippen LogP contribution in [0.5, 0.6) is 0 Å². The number of hydrogen-bond donors (Lipinski definition) is 1. The third kappa shape index (κ3) is 2.67. The van der Waals surface area contributed by atoms with Crippen LogP contribution >= 0.6 is 11.3 Å². The summed E-state index contributed by atoms with van der Waals surface area (Å²) in [5.41, 5.74) is 0. The van der Waals surface area contributed by atoms with E-state index in [0.717, 1.165) is 30.6 Å². The predicted octanol–water partition coefficient (Wildman–Crippen LogP) is 1.47. The summed E-state index contributed by atoms with van der Waals surface area (Å²) in [7, 11) is -3.53. The van der Waals surface area contributed by atoms with Gasteiger partial charge in [-0.15, -0.1) is 11.3 Å². The van der Waals surface area contributed by atoms with Gasteiger partial charge in [-0.05, 0) is 37.3 Å². The molecule has 19 heavy (non-hydrogen) atoms. The van der Waals surface area contributed by atoms with Gasteiger partial charge in [-0.1, -0.05) is 0 Å². The summed E-state index contributed by atoms with van der Waals surface area (Å²) in [4.78, 5) is 0.404. The summed E-state index contributed by atoms with van der Waals surface area (Å²) in [6.45, 7) is 0.613. The van der Waals surface area contributed by atoms with Crippen LogP contribution in [-0.2, 0) is 14.8 Å². The van der Waals surface area contributed by atoms with Crippen molar-refractivity contribution in [3.05, 3.63) is 17.0 Å². The lowest BCUT2D eigenvalue weighted by Crippen LogP contribution is -2.41. The molecule has 1 aliphatic carbocycles. The van der Waals surface area contributed by atoms with E-state index in [-0.39, 0.29) is 16.4 Å². The second kappa shape index (κ2) is 4.87. The lowest BCUT2D eigenvalue weighted by atomic mass is 10.1. The molecule has 2 fully saturated rings. The first kappa shape index (κ1) is 13.1. The second-order valence-electron chi connectivity index (χ2n) is 4.92. The standard InChI is InChI=1S/C12H14N2O3S2/c13-7-9-3-4-11(18-9)19(15,16)14-10-5-6-17-12(10)8-1-2-8/h3-4,8,10,12,14H,1-2,5-6H2. The Balaban J connectivity index is 1.76. The first-order chi connectivity index (χ1) is 9.10. The fourth-order valence-corrected chi connectivity index (χ4v) is 4.81. The van der Waals surface area contributed by atoms with Gasteiger partial charge in [0.1, 0.15) is 15.2 Å². The van der Waals surface area contributed by atoms with Crippen molar-refractivity contribution in [3.8, 4) is 6.07 Å².